The standard InChI is InChI=1S/C27H34N2O2/c1-4-29(16-19-9-10-19)21-12-13-23-22-7-5-6-8-24(22)28-26(23)18(3)31-27-17(2)20(15-21)11-14-25(27)30/h5-8,11,14,18-19,21,28,30H,4,9-10,12-13,15-16H2,1-3H3/t18-,21?/m1/s1. The topological polar surface area (TPSA) is 48.5 Å². The summed E-state index contributed by atoms with van der Waals surface area (Å²) in [5, 5.41) is 11.9. The number of hydrogen-bond acceptors (Lipinski definition) is 3. The van der Waals surface area contributed by atoms with E-state index in [4.69, 9.17) is 4.74 Å². The fourth-order valence-electron chi connectivity index (χ4n) is 5.31. The predicted octanol–water partition coefficient (Wildman–Crippen LogP) is 5.91. The van der Waals surface area contributed by atoms with E-state index in [9.17, 15) is 5.11 Å². The number of aromatic hydroxyl groups is 1. The van der Waals surface area contributed by atoms with Crippen LogP contribution in [0.15, 0.2) is 36.4 Å². The van der Waals surface area contributed by atoms with E-state index in [1.165, 1.54) is 35.9 Å². The monoisotopic (exact) mass is 418 g/mol. The highest BCUT2D eigenvalue weighted by atomic mass is 16.5. The summed E-state index contributed by atoms with van der Waals surface area (Å²) in [6.45, 7) is 8.76. The molecule has 2 atom stereocenters. The summed E-state index contributed by atoms with van der Waals surface area (Å²) in [7, 11) is 0. The van der Waals surface area contributed by atoms with Crippen molar-refractivity contribution in [3.8, 4) is 11.5 Å². The van der Waals surface area contributed by atoms with Crippen LogP contribution in [0.3, 0.4) is 0 Å². The molecule has 1 unspecified atom stereocenters. The number of fused-ring (bicyclic) bond motifs is 5. The number of ether oxygens (including phenoxy) is 1. The molecule has 2 heterocycles. The predicted molar refractivity (Wildman–Crippen MR) is 126 cm³/mol. The molecule has 0 saturated heterocycles. The second kappa shape index (κ2) is 8.23. The van der Waals surface area contributed by atoms with Crippen LogP contribution in [0.1, 0.15) is 61.6 Å². The fraction of sp³-hybridized carbons (Fsp3) is 0.481. The summed E-state index contributed by atoms with van der Waals surface area (Å²) in [4.78, 5) is 6.32. The van der Waals surface area contributed by atoms with E-state index >= 15 is 0 Å². The minimum atomic E-state index is -0.160. The zero-order chi connectivity index (χ0) is 21.5. The van der Waals surface area contributed by atoms with Gasteiger partial charge in [0, 0.05) is 23.5 Å². The van der Waals surface area contributed by atoms with Crippen LogP contribution in [0.2, 0.25) is 0 Å². The third-order valence-electron chi connectivity index (χ3n) is 7.34. The van der Waals surface area contributed by atoms with Crippen LogP contribution in [0.5, 0.6) is 11.5 Å². The zero-order valence-corrected chi connectivity index (χ0v) is 18.9. The van der Waals surface area contributed by atoms with E-state index in [2.05, 4.69) is 61.0 Å². The SMILES string of the molecule is CCN(CC1CC1)C1CCc2c([nH]c3ccccc23)[C@@H](C)Oc2c(O)ccc(c2C)C1. The minimum Gasteiger partial charge on any atom is -0.504 e. The van der Waals surface area contributed by atoms with Crippen molar-refractivity contribution in [1.29, 1.82) is 0 Å². The van der Waals surface area contributed by atoms with Crippen LogP contribution < -0.4 is 4.74 Å². The minimum absolute atomic E-state index is 0.160. The first kappa shape index (κ1) is 20.4. The molecule has 2 N–H and O–H groups in total. The largest absolute Gasteiger partial charge is 0.504 e. The smallest absolute Gasteiger partial charge is 0.165 e. The molecule has 1 fully saturated rings. The lowest BCUT2D eigenvalue weighted by atomic mass is 9.93. The van der Waals surface area contributed by atoms with Gasteiger partial charge in [-0.05, 0) is 87.2 Å². The number of hydrogen-bond donors (Lipinski definition) is 2. The molecular weight excluding hydrogens is 384 g/mol. The number of phenolic OH excluding ortho intramolecular Hbond substituents is 1. The average Bonchev–Trinajstić information content (AvgIpc) is 3.52. The van der Waals surface area contributed by atoms with Gasteiger partial charge in [-0.1, -0.05) is 31.2 Å². The van der Waals surface area contributed by atoms with Crippen LogP contribution in [0.25, 0.3) is 10.9 Å². The van der Waals surface area contributed by atoms with Gasteiger partial charge in [0.15, 0.2) is 11.5 Å². The van der Waals surface area contributed by atoms with Gasteiger partial charge in [0.05, 0.1) is 5.69 Å². The van der Waals surface area contributed by atoms with E-state index in [0.717, 1.165) is 48.5 Å². The van der Waals surface area contributed by atoms with Crippen LogP contribution >= 0.6 is 0 Å². The van der Waals surface area contributed by atoms with E-state index in [1.807, 2.05) is 6.07 Å². The van der Waals surface area contributed by atoms with E-state index in [-0.39, 0.29) is 11.9 Å². The summed E-state index contributed by atoms with van der Waals surface area (Å²) in [5.41, 5.74) is 6.02. The summed E-state index contributed by atoms with van der Waals surface area (Å²) < 4.78 is 6.41. The number of aromatic nitrogens is 1. The highest BCUT2D eigenvalue weighted by Crippen LogP contribution is 2.39. The molecule has 0 radical (unpaired) electrons. The maximum absolute atomic E-state index is 10.6. The average molecular weight is 419 g/mol. The number of benzene rings is 2. The Morgan fingerprint density at radius 3 is 2.71 bits per heavy atom. The third kappa shape index (κ3) is 3.94. The fourth-order valence-corrected chi connectivity index (χ4v) is 5.31. The Balaban J connectivity index is 1.60. The van der Waals surface area contributed by atoms with Gasteiger partial charge in [-0.3, -0.25) is 0 Å². The molecule has 2 aliphatic rings. The van der Waals surface area contributed by atoms with Gasteiger partial charge in [-0.25, -0.2) is 0 Å². The molecule has 2 aromatic carbocycles. The molecular formula is C27H34N2O2. The zero-order valence-electron chi connectivity index (χ0n) is 18.9. The lowest BCUT2D eigenvalue weighted by Gasteiger charge is -2.31. The molecule has 2 bridgehead atoms. The van der Waals surface area contributed by atoms with Crippen LogP contribution in [0.4, 0.5) is 0 Å². The Kier molecular flexibility index (Phi) is 5.43. The Morgan fingerprint density at radius 1 is 1.13 bits per heavy atom. The number of nitrogens with zero attached hydrogens (tertiary/aromatic N) is 1. The lowest BCUT2D eigenvalue weighted by Crippen LogP contribution is -2.38. The molecule has 5 rings (SSSR count). The van der Waals surface area contributed by atoms with Crippen molar-refractivity contribution in [2.75, 3.05) is 13.1 Å². The molecule has 0 spiro atoms. The van der Waals surface area contributed by atoms with Crippen LogP contribution in [-0.2, 0) is 12.8 Å². The Hall–Kier alpha value is -2.46. The van der Waals surface area contributed by atoms with Crippen molar-refractivity contribution in [2.45, 2.75) is 65.0 Å². The highest BCUT2D eigenvalue weighted by Gasteiger charge is 2.30. The maximum atomic E-state index is 10.6. The Bertz CT molecular complexity index is 1080. The van der Waals surface area contributed by atoms with Gasteiger partial charge < -0.3 is 19.7 Å². The molecule has 4 heteroatoms. The normalized spacial score (nSPS) is 21.5. The quantitative estimate of drug-likeness (QED) is 0.554. The van der Waals surface area contributed by atoms with E-state index < -0.39 is 0 Å². The molecule has 3 aromatic rings. The Morgan fingerprint density at radius 2 is 1.94 bits per heavy atom. The molecule has 164 valence electrons. The molecule has 1 saturated carbocycles. The molecule has 1 aliphatic carbocycles. The number of para-hydroxylation sites is 1. The maximum Gasteiger partial charge on any atom is 0.165 e. The number of rotatable bonds is 4. The number of likely N-dealkylation sites (N-methyl/N-ethyl adjacent to an activating group) is 1. The Labute approximate surface area is 185 Å². The highest BCUT2D eigenvalue weighted by molar-refractivity contribution is 5.84. The molecule has 0 amide bonds. The van der Waals surface area contributed by atoms with Gasteiger partial charge >= 0.3 is 0 Å². The first-order valence-corrected chi connectivity index (χ1v) is 11.9. The molecule has 1 aromatic heterocycles. The summed E-state index contributed by atoms with van der Waals surface area (Å²) in [6, 6.07) is 12.9. The van der Waals surface area contributed by atoms with Crippen molar-refractivity contribution >= 4 is 10.9 Å². The molecule has 4 nitrogen and oxygen atoms in total. The van der Waals surface area contributed by atoms with Gasteiger partial charge in [-0.15, -0.1) is 0 Å². The number of nitrogens with one attached hydrogen (secondary N) is 1. The van der Waals surface area contributed by atoms with Crippen LogP contribution in [-0.4, -0.2) is 34.1 Å². The van der Waals surface area contributed by atoms with Crippen LogP contribution in [0, 0.1) is 12.8 Å². The lowest BCUT2D eigenvalue weighted by molar-refractivity contribution is 0.186. The molecule has 31 heavy (non-hydrogen) atoms. The summed E-state index contributed by atoms with van der Waals surface area (Å²) in [5.74, 6) is 1.73. The van der Waals surface area contributed by atoms with E-state index in [1.54, 1.807) is 0 Å². The van der Waals surface area contributed by atoms with Crippen molar-refractivity contribution < 1.29 is 9.84 Å². The first-order chi connectivity index (χ1) is 15.0. The van der Waals surface area contributed by atoms with Gasteiger partial charge in [0.2, 0.25) is 0 Å². The van der Waals surface area contributed by atoms with Crippen molar-refractivity contribution in [3.63, 3.8) is 0 Å². The van der Waals surface area contributed by atoms with Gasteiger partial charge in [0.25, 0.3) is 0 Å². The molecule has 1 aliphatic heterocycles. The third-order valence-corrected chi connectivity index (χ3v) is 7.34. The first-order valence-electron chi connectivity index (χ1n) is 11.9. The number of phenols is 1. The number of aromatic amines is 1. The van der Waals surface area contributed by atoms with Crippen molar-refractivity contribution in [3.05, 3.63) is 58.8 Å². The van der Waals surface area contributed by atoms with E-state index in [0.29, 0.717) is 11.8 Å². The second-order valence-electron chi connectivity index (χ2n) is 9.45. The van der Waals surface area contributed by atoms with Gasteiger partial charge in [-0.2, -0.15) is 0 Å². The number of aryl methyl sites for hydroxylation is 1. The van der Waals surface area contributed by atoms with Crippen molar-refractivity contribution in [2.24, 2.45) is 5.92 Å². The summed E-state index contributed by atoms with van der Waals surface area (Å²) in [6.07, 6.45) is 5.74. The van der Waals surface area contributed by atoms with Crippen molar-refractivity contribution in [1.82, 2.24) is 9.88 Å². The van der Waals surface area contributed by atoms with Gasteiger partial charge in [0.1, 0.15) is 6.10 Å². The second-order valence-corrected chi connectivity index (χ2v) is 9.45. The number of H-pyrrole nitrogens is 1. The summed E-state index contributed by atoms with van der Waals surface area (Å²) >= 11 is 0.